The van der Waals surface area contributed by atoms with Gasteiger partial charge >= 0.3 is 6.09 Å². The number of halogens is 2. The van der Waals surface area contributed by atoms with E-state index in [1.165, 1.54) is 29.2 Å². The van der Waals surface area contributed by atoms with Gasteiger partial charge in [0.05, 0.1) is 22.7 Å². The van der Waals surface area contributed by atoms with E-state index in [1.54, 1.807) is 49.6 Å². The zero-order valence-electron chi connectivity index (χ0n) is 25.2. The maximum Gasteiger partial charge on any atom is 0.407 e. The van der Waals surface area contributed by atoms with Crippen molar-refractivity contribution in [2.75, 3.05) is 23.1 Å². The number of fused-ring (bicyclic) bond motifs is 1. The Morgan fingerprint density at radius 3 is 2.62 bits per heavy atom. The zero-order chi connectivity index (χ0) is 33.1. The lowest BCUT2D eigenvalue weighted by atomic mass is 10.0. The van der Waals surface area contributed by atoms with Crippen molar-refractivity contribution in [3.63, 3.8) is 0 Å². The van der Waals surface area contributed by atoms with Crippen LogP contribution < -0.4 is 14.8 Å². The van der Waals surface area contributed by atoms with Gasteiger partial charge in [0.15, 0.2) is 0 Å². The minimum absolute atomic E-state index is 0.0488. The third-order valence-corrected chi connectivity index (χ3v) is 8.99. The van der Waals surface area contributed by atoms with Crippen LogP contribution in [0.15, 0.2) is 79.1 Å². The summed E-state index contributed by atoms with van der Waals surface area (Å²) >= 11 is 0. The molecule has 0 spiro atoms. The fourth-order valence-electron chi connectivity index (χ4n) is 5.50. The van der Waals surface area contributed by atoms with E-state index in [4.69, 9.17) is 4.74 Å². The molecule has 3 heterocycles. The molecule has 0 unspecified atom stereocenters. The van der Waals surface area contributed by atoms with E-state index >= 15 is 4.39 Å². The number of amides is 1. The van der Waals surface area contributed by atoms with Gasteiger partial charge in [-0.3, -0.25) is 4.72 Å². The van der Waals surface area contributed by atoms with Gasteiger partial charge in [-0.25, -0.2) is 36.9 Å². The van der Waals surface area contributed by atoms with Crippen molar-refractivity contribution < 1.29 is 31.8 Å². The van der Waals surface area contributed by atoms with E-state index in [1.807, 2.05) is 0 Å². The summed E-state index contributed by atoms with van der Waals surface area (Å²) in [5.74, 6) is -1.35. The van der Waals surface area contributed by atoms with Crippen LogP contribution in [0.4, 0.5) is 25.2 Å². The summed E-state index contributed by atoms with van der Waals surface area (Å²) in [6, 6.07) is 16.4. The third kappa shape index (κ3) is 7.07. The maximum absolute atomic E-state index is 15.2. The highest BCUT2D eigenvalue weighted by Gasteiger charge is 2.24. The summed E-state index contributed by atoms with van der Waals surface area (Å²) in [4.78, 5) is 26.2. The Bertz CT molecular complexity index is 2080. The summed E-state index contributed by atoms with van der Waals surface area (Å²) in [6.45, 7) is 2.58. The third-order valence-electron chi connectivity index (χ3n) is 7.78. The molecule has 2 aromatic heterocycles. The summed E-state index contributed by atoms with van der Waals surface area (Å²) in [7, 11) is -4.21. The van der Waals surface area contributed by atoms with Gasteiger partial charge in [0.25, 0.3) is 0 Å². The molecular formula is C33H30F2N6O5S. The van der Waals surface area contributed by atoms with Crippen molar-refractivity contribution in [3.05, 3.63) is 102 Å². The molecule has 1 aliphatic heterocycles. The van der Waals surface area contributed by atoms with Gasteiger partial charge in [-0.2, -0.15) is 0 Å². The van der Waals surface area contributed by atoms with Gasteiger partial charge < -0.3 is 20.1 Å². The lowest BCUT2D eigenvalue weighted by molar-refractivity contribution is 0.132. The summed E-state index contributed by atoms with van der Waals surface area (Å²) in [5.41, 5.74) is 1.35. The van der Waals surface area contributed by atoms with Crippen LogP contribution in [0.25, 0.3) is 22.0 Å². The van der Waals surface area contributed by atoms with Crippen LogP contribution in [0.3, 0.4) is 0 Å². The van der Waals surface area contributed by atoms with Crippen LogP contribution in [-0.4, -0.2) is 58.6 Å². The molecule has 242 valence electrons. The summed E-state index contributed by atoms with van der Waals surface area (Å²) in [6.07, 6.45) is 3.63. The molecule has 0 radical (unpaired) electrons. The molecule has 3 N–H and O–H groups in total. The van der Waals surface area contributed by atoms with Crippen LogP contribution in [0.5, 0.6) is 11.6 Å². The van der Waals surface area contributed by atoms with E-state index in [-0.39, 0.29) is 28.6 Å². The lowest BCUT2D eigenvalue weighted by Crippen LogP contribution is -2.44. The molecule has 1 saturated heterocycles. The number of benzene rings is 3. The molecule has 0 bridgehead atoms. The topological polar surface area (TPSA) is 147 Å². The summed E-state index contributed by atoms with van der Waals surface area (Å²) in [5, 5.41) is 13.3. The van der Waals surface area contributed by atoms with E-state index in [0.717, 1.165) is 18.6 Å². The van der Waals surface area contributed by atoms with E-state index in [9.17, 15) is 22.7 Å². The van der Waals surface area contributed by atoms with Crippen molar-refractivity contribution in [1.82, 2.24) is 19.9 Å². The molecule has 6 rings (SSSR count). The van der Waals surface area contributed by atoms with Crippen molar-refractivity contribution in [2.24, 2.45) is 0 Å². The maximum atomic E-state index is 15.2. The first-order valence-corrected chi connectivity index (χ1v) is 16.4. The minimum Gasteiger partial charge on any atom is -0.465 e. The number of pyridine rings is 1. The molecule has 5 aromatic rings. The summed E-state index contributed by atoms with van der Waals surface area (Å²) < 4.78 is 64.1. The van der Waals surface area contributed by atoms with Gasteiger partial charge in [-0.15, -0.1) is 0 Å². The highest BCUT2D eigenvalue weighted by molar-refractivity contribution is 7.91. The number of anilines is 2. The van der Waals surface area contributed by atoms with Gasteiger partial charge in [-0.05, 0) is 61.7 Å². The number of hydrogen-bond donors (Lipinski definition) is 3. The van der Waals surface area contributed by atoms with E-state index < -0.39 is 33.5 Å². The van der Waals surface area contributed by atoms with Crippen LogP contribution in [0.2, 0.25) is 0 Å². The van der Waals surface area contributed by atoms with Crippen molar-refractivity contribution in [2.45, 2.75) is 31.6 Å². The van der Waals surface area contributed by atoms with Crippen molar-refractivity contribution in [3.8, 4) is 22.9 Å². The Kier molecular flexibility index (Phi) is 8.85. The average molecular weight is 661 g/mol. The lowest BCUT2D eigenvalue weighted by Gasteiger charge is -2.31. The fourth-order valence-corrected chi connectivity index (χ4v) is 6.74. The van der Waals surface area contributed by atoms with Crippen LogP contribution in [0, 0.1) is 18.6 Å². The Balaban J connectivity index is 1.30. The largest absolute Gasteiger partial charge is 0.465 e. The minimum atomic E-state index is -4.21. The monoisotopic (exact) mass is 660 g/mol. The molecule has 1 amide bonds. The van der Waals surface area contributed by atoms with Crippen LogP contribution >= 0.6 is 0 Å². The Labute approximate surface area is 269 Å². The van der Waals surface area contributed by atoms with Gasteiger partial charge in [0, 0.05) is 47.9 Å². The number of aryl methyl sites for hydroxylation is 1. The molecule has 1 atom stereocenters. The second-order valence-corrected chi connectivity index (χ2v) is 12.8. The first-order chi connectivity index (χ1) is 22.6. The molecule has 0 aliphatic carbocycles. The predicted octanol–water partition coefficient (Wildman–Crippen LogP) is 6.57. The number of hydrogen-bond acceptors (Lipinski definition) is 8. The number of sulfonamides is 1. The fraction of sp³-hybridized carbons (Fsp3) is 0.212. The number of aromatic nitrogens is 3. The highest BCUT2D eigenvalue weighted by atomic mass is 32.2. The molecule has 3 aromatic carbocycles. The molecule has 0 saturated carbocycles. The number of carbonyl (C=O) groups is 1. The Morgan fingerprint density at radius 1 is 1.00 bits per heavy atom. The first kappa shape index (κ1) is 31.6. The smallest absolute Gasteiger partial charge is 0.407 e. The molecule has 47 heavy (non-hydrogen) atoms. The highest BCUT2D eigenvalue weighted by Crippen LogP contribution is 2.40. The number of likely N-dealkylation sites (tertiary alicyclic amines) is 1. The molecule has 1 fully saturated rings. The van der Waals surface area contributed by atoms with Crippen molar-refractivity contribution in [1.29, 1.82) is 0 Å². The number of piperidine rings is 1. The predicted molar refractivity (Wildman–Crippen MR) is 173 cm³/mol. The van der Waals surface area contributed by atoms with Crippen molar-refractivity contribution >= 4 is 38.5 Å². The average Bonchev–Trinajstić information content (AvgIpc) is 3.05. The van der Waals surface area contributed by atoms with Crippen LogP contribution in [0.1, 0.15) is 24.0 Å². The standard InChI is InChI=1S/C33H30F2N6O5S/c1-20-10-11-23-24(12-13-27(35)29(23)40-47(44,45)19-21-6-2-3-9-26(21)34)30(20)46-31-25(8-4-15-36-31)28-14-16-37-32(39-28)38-22-7-5-17-41(18-22)33(42)43/h2-4,6,8-16,22,40H,5,7,17-19H2,1H3,(H,42,43)(H,37,38,39)/t22-/m0/s1. The molecular weight excluding hydrogens is 630 g/mol. The Morgan fingerprint density at radius 2 is 1.81 bits per heavy atom. The van der Waals surface area contributed by atoms with E-state index in [2.05, 4.69) is 25.0 Å². The Hall–Kier alpha value is -5.37. The van der Waals surface area contributed by atoms with Gasteiger partial charge in [0.2, 0.25) is 21.9 Å². The number of nitrogens with one attached hydrogen (secondary N) is 2. The van der Waals surface area contributed by atoms with Crippen LogP contribution in [-0.2, 0) is 15.8 Å². The second kappa shape index (κ2) is 13.2. The number of ether oxygens (including phenoxy) is 1. The van der Waals surface area contributed by atoms with E-state index in [0.29, 0.717) is 53.4 Å². The second-order valence-electron chi connectivity index (χ2n) is 11.1. The quantitative estimate of drug-likeness (QED) is 0.160. The zero-order valence-corrected chi connectivity index (χ0v) is 26.0. The molecule has 14 heteroatoms. The SMILES string of the molecule is Cc1ccc2c(NS(=O)(=O)Cc3ccccc3F)c(F)ccc2c1Oc1ncccc1-c1ccnc(N[C@H]2CCCN(C(=O)O)C2)n1. The molecule has 1 aliphatic rings. The number of carboxylic acid groups (broad SMARTS) is 1. The number of rotatable bonds is 9. The normalized spacial score (nSPS) is 15.0. The number of nitrogens with zero attached hydrogens (tertiary/aromatic N) is 4. The van der Waals surface area contributed by atoms with Gasteiger partial charge in [-0.1, -0.05) is 30.3 Å². The molecule has 11 nitrogen and oxygen atoms in total. The first-order valence-electron chi connectivity index (χ1n) is 14.7. The van der Waals surface area contributed by atoms with Gasteiger partial charge in [0.1, 0.15) is 17.4 Å².